The standard InChI is InChI=1S/C15H25N3O/c1-12-11-13(2)18(15(19)17-12)10-9-16-14-7-5-3-4-6-8-14/h11,14,16H,3-10H2,1-2H3. The van der Waals surface area contributed by atoms with Crippen LogP contribution in [-0.4, -0.2) is 22.1 Å². The highest BCUT2D eigenvalue weighted by atomic mass is 16.1. The van der Waals surface area contributed by atoms with Crippen molar-refractivity contribution in [2.75, 3.05) is 6.54 Å². The smallest absolute Gasteiger partial charge is 0.312 e. The third-order valence-electron chi connectivity index (χ3n) is 3.97. The second-order valence-electron chi connectivity index (χ2n) is 5.62. The first-order valence-electron chi connectivity index (χ1n) is 7.45. The predicted octanol–water partition coefficient (Wildman–Crippen LogP) is 2.17. The molecule has 1 aliphatic carbocycles. The van der Waals surface area contributed by atoms with Crippen molar-refractivity contribution in [1.29, 1.82) is 0 Å². The third kappa shape index (κ3) is 4.16. The van der Waals surface area contributed by atoms with Gasteiger partial charge in [0, 0.05) is 30.5 Å². The Morgan fingerprint density at radius 3 is 2.58 bits per heavy atom. The fraction of sp³-hybridized carbons (Fsp3) is 0.733. The fourth-order valence-corrected chi connectivity index (χ4v) is 2.91. The molecule has 0 aliphatic heterocycles. The van der Waals surface area contributed by atoms with E-state index in [0.29, 0.717) is 12.6 Å². The number of hydrogen-bond acceptors (Lipinski definition) is 3. The molecule has 0 atom stereocenters. The highest BCUT2D eigenvalue weighted by molar-refractivity contribution is 5.06. The normalized spacial score (nSPS) is 17.4. The molecule has 4 nitrogen and oxygen atoms in total. The summed E-state index contributed by atoms with van der Waals surface area (Å²) in [6, 6.07) is 2.60. The Bertz CT molecular complexity index is 459. The molecule has 1 aromatic heterocycles. The maximum Gasteiger partial charge on any atom is 0.347 e. The van der Waals surface area contributed by atoms with E-state index in [0.717, 1.165) is 17.9 Å². The van der Waals surface area contributed by atoms with Gasteiger partial charge in [0.05, 0.1) is 0 Å². The van der Waals surface area contributed by atoms with Crippen molar-refractivity contribution in [2.45, 2.75) is 65.0 Å². The molecule has 2 rings (SSSR count). The van der Waals surface area contributed by atoms with E-state index in [4.69, 9.17) is 0 Å². The molecule has 0 unspecified atom stereocenters. The van der Waals surface area contributed by atoms with E-state index in [1.54, 1.807) is 4.57 Å². The zero-order chi connectivity index (χ0) is 13.7. The number of nitrogens with zero attached hydrogens (tertiary/aromatic N) is 2. The summed E-state index contributed by atoms with van der Waals surface area (Å²) in [7, 11) is 0. The van der Waals surface area contributed by atoms with Gasteiger partial charge in [-0.1, -0.05) is 25.7 Å². The Labute approximate surface area is 115 Å². The van der Waals surface area contributed by atoms with Gasteiger partial charge in [0.15, 0.2) is 0 Å². The van der Waals surface area contributed by atoms with E-state index in [1.165, 1.54) is 38.5 Å². The van der Waals surface area contributed by atoms with Crippen molar-refractivity contribution in [3.63, 3.8) is 0 Å². The third-order valence-corrected chi connectivity index (χ3v) is 3.97. The van der Waals surface area contributed by atoms with Gasteiger partial charge >= 0.3 is 5.69 Å². The van der Waals surface area contributed by atoms with Crippen LogP contribution >= 0.6 is 0 Å². The molecule has 0 amide bonds. The maximum atomic E-state index is 11.8. The molecule has 1 aromatic rings. The van der Waals surface area contributed by atoms with Gasteiger partial charge in [0.25, 0.3) is 0 Å². The van der Waals surface area contributed by atoms with Crippen LogP contribution < -0.4 is 11.0 Å². The first kappa shape index (κ1) is 14.3. The van der Waals surface area contributed by atoms with Crippen LogP contribution in [0.1, 0.15) is 49.9 Å². The molecule has 106 valence electrons. The lowest BCUT2D eigenvalue weighted by atomic mass is 10.1. The lowest BCUT2D eigenvalue weighted by molar-refractivity contribution is 0.439. The summed E-state index contributed by atoms with van der Waals surface area (Å²) >= 11 is 0. The highest BCUT2D eigenvalue weighted by Gasteiger charge is 2.11. The van der Waals surface area contributed by atoms with Gasteiger partial charge in [-0.25, -0.2) is 4.79 Å². The molecule has 0 radical (unpaired) electrons. The molecular weight excluding hydrogens is 238 g/mol. The van der Waals surface area contributed by atoms with Crippen molar-refractivity contribution in [1.82, 2.24) is 14.9 Å². The minimum Gasteiger partial charge on any atom is -0.312 e. The molecule has 4 heteroatoms. The second-order valence-corrected chi connectivity index (χ2v) is 5.62. The van der Waals surface area contributed by atoms with Crippen LogP contribution in [0, 0.1) is 13.8 Å². The molecule has 1 fully saturated rings. The van der Waals surface area contributed by atoms with Gasteiger partial charge in [0.1, 0.15) is 0 Å². The van der Waals surface area contributed by atoms with Crippen molar-refractivity contribution in [3.05, 3.63) is 27.9 Å². The van der Waals surface area contributed by atoms with Crippen LogP contribution in [0.4, 0.5) is 0 Å². The summed E-state index contributed by atoms with van der Waals surface area (Å²) in [6.07, 6.45) is 7.97. The Kier molecular flexibility index (Phi) is 5.14. The SMILES string of the molecule is Cc1cc(C)n(CCNC2CCCCCC2)c(=O)n1. The monoisotopic (exact) mass is 263 g/mol. The average molecular weight is 263 g/mol. The minimum atomic E-state index is -0.125. The van der Waals surface area contributed by atoms with Crippen LogP contribution in [0.2, 0.25) is 0 Å². The van der Waals surface area contributed by atoms with Crippen molar-refractivity contribution in [2.24, 2.45) is 0 Å². The second kappa shape index (κ2) is 6.85. The molecule has 0 spiro atoms. The van der Waals surface area contributed by atoms with Crippen LogP contribution in [0.5, 0.6) is 0 Å². The molecule has 1 saturated carbocycles. The molecule has 0 aromatic carbocycles. The van der Waals surface area contributed by atoms with Gasteiger partial charge < -0.3 is 5.32 Å². The molecule has 1 aliphatic rings. The number of nitrogens with one attached hydrogen (secondary N) is 1. The first-order valence-corrected chi connectivity index (χ1v) is 7.45. The van der Waals surface area contributed by atoms with Crippen molar-refractivity contribution >= 4 is 0 Å². The molecule has 1 N–H and O–H groups in total. The Morgan fingerprint density at radius 1 is 1.26 bits per heavy atom. The van der Waals surface area contributed by atoms with Gasteiger partial charge in [-0.2, -0.15) is 4.98 Å². The van der Waals surface area contributed by atoms with Gasteiger partial charge in [-0.3, -0.25) is 4.57 Å². The Hall–Kier alpha value is -1.16. The summed E-state index contributed by atoms with van der Waals surface area (Å²) in [5, 5.41) is 3.59. The number of aryl methyl sites for hydroxylation is 2. The summed E-state index contributed by atoms with van der Waals surface area (Å²) in [6.45, 7) is 5.41. The molecule has 0 saturated heterocycles. The van der Waals surface area contributed by atoms with Crippen LogP contribution in [0.25, 0.3) is 0 Å². The van der Waals surface area contributed by atoms with Crippen LogP contribution in [-0.2, 0) is 6.54 Å². The molecular formula is C15H25N3O. The zero-order valence-corrected chi connectivity index (χ0v) is 12.1. The lowest BCUT2D eigenvalue weighted by Gasteiger charge is -2.17. The first-order chi connectivity index (χ1) is 9.16. The number of hydrogen-bond donors (Lipinski definition) is 1. The van der Waals surface area contributed by atoms with Gasteiger partial charge in [0.2, 0.25) is 0 Å². The van der Waals surface area contributed by atoms with E-state index < -0.39 is 0 Å². The van der Waals surface area contributed by atoms with Crippen molar-refractivity contribution < 1.29 is 0 Å². The summed E-state index contributed by atoms with van der Waals surface area (Å²) in [4.78, 5) is 15.8. The van der Waals surface area contributed by atoms with E-state index in [9.17, 15) is 4.79 Å². The van der Waals surface area contributed by atoms with Crippen molar-refractivity contribution in [3.8, 4) is 0 Å². The van der Waals surface area contributed by atoms with Gasteiger partial charge in [-0.05, 0) is 32.8 Å². The highest BCUT2D eigenvalue weighted by Crippen LogP contribution is 2.16. The van der Waals surface area contributed by atoms with Crippen LogP contribution in [0.3, 0.4) is 0 Å². The van der Waals surface area contributed by atoms with E-state index in [2.05, 4.69) is 10.3 Å². The quantitative estimate of drug-likeness (QED) is 0.847. The zero-order valence-electron chi connectivity index (χ0n) is 12.1. The molecule has 0 bridgehead atoms. The van der Waals surface area contributed by atoms with E-state index >= 15 is 0 Å². The Morgan fingerprint density at radius 2 is 1.95 bits per heavy atom. The Balaban J connectivity index is 1.87. The number of rotatable bonds is 4. The topological polar surface area (TPSA) is 46.9 Å². The number of aromatic nitrogens is 2. The summed E-state index contributed by atoms with van der Waals surface area (Å²) < 4.78 is 1.76. The fourth-order valence-electron chi connectivity index (χ4n) is 2.91. The molecule has 1 heterocycles. The predicted molar refractivity (Wildman–Crippen MR) is 77.5 cm³/mol. The minimum absolute atomic E-state index is 0.125. The summed E-state index contributed by atoms with van der Waals surface area (Å²) in [5.41, 5.74) is 1.68. The van der Waals surface area contributed by atoms with E-state index in [-0.39, 0.29) is 5.69 Å². The maximum absolute atomic E-state index is 11.8. The average Bonchev–Trinajstić information content (AvgIpc) is 2.61. The largest absolute Gasteiger partial charge is 0.347 e. The lowest BCUT2D eigenvalue weighted by Crippen LogP contribution is -2.35. The molecule has 19 heavy (non-hydrogen) atoms. The van der Waals surface area contributed by atoms with Gasteiger partial charge in [-0.15, -0.1) is 0 Å². The van der Waals surface area contributed by atoms with Crippen LogP contribution in [0.15, 0.2) is 10.9 Å². The summed E-state index contributed by atoms with van der Waals surface area (Å²) in [5.74, 6) is 0. The van der Waals surface area contributed by atoms with E-state index in [1.807, 2.05) is 19.9 Å².